The van der Waals surface area contributed by atoms with Crippen LogP contribution in [0.3, 0.4) is 0 Å². The van der Waals surface area contributed by atoms with E-state index < -0.39 is 24.9 Å². The molecule has 2 heterocycles. The number of fused-ring (bicyclic) bond motifs is 1. The van der Waals surface area contributed by atoms with Crippen LogP contribution in [0.15, 0.2) is 46.2 Å². The topological polar surface area (TPSA) is 97.4 Å². The van der Waals surface area contributed by atoms with Gasteiger partial charge < -0.3 is 13.6 Å². The largest absolute Gasteiger partial charge is 0.332 e. The predicted molar refractivity (Wildman–Crippen MR) is 124 cm³/mol. The fraction of sp³-hybridized carbons (Fsp3) is 0.500. The van der Waals surface area contributed by atoms with Gasteiger partial charge in [-0.2, -0.15) is 0 Å². The Bertz CT molecular complexity index is 1200. The van der Waals surface area contributed by atoms with Crippen molar-refractivity contribution in [2.24, 2.45) is 7.05 Å². The molecule has 10 heteroatoms. The highest BCUT2D eigenvalue weighted by Crippen LogP contribution is 2.49. The monoisotopic (exact) mass is 462 g/mol. The molecule has 0 spiro atoms. The normalized spacial score (nSPS) is 13.0. The van der Waals surface area contributed by atoms with Crippen LogP contribution < -0.4 is 11.2 Å². The molecule has 0 amide bonds. The molecule has 0 bridgehead atoms. The maximum Gasteiger partial charge on any atom is 0.332 e. The Balaban J connectivity index is 2.03. The van der Waals surface area contributed by atoms with E-state index in [0.29, 0.717) is 30.6 Å². The summed E-state index contributed by atoms with van der Waals surface area (Å²) < 4.78 is 28.1. The van der Waals surface area contributed by atoms with Gasteiger partial charge >= 0.3 is 13.3 Å². The Morgan fingerprint density at radius 2 is 1.72 bits per heavy atom. The molecule has 32 heavy (non-hydrogen) atoms. The number of hydrogen-bond donors (Lipinski definition) is 0. The molecule has 1 unspecified atom stereocenters. The van der Waals surface area contributed by atoms with E-state index in [0.717, 1.165) is 5.56 Å². The summed E-state index contributed by atoms with van der Waals surface area (Å²) in [6.07, 6.45) is 2.55. The van der Waals surface area contributed by atoms with Crippen molar-refractivity contribution in [3.05, 3.63) is 63.1 Å². The first-order chi connectivity index (χ1) is 15.3. The van der Waals surface area contributed by atoms with Crippen LogP contribution in [0.5, 0.6) is 0 Å². The van der Waals surface area contributed by atoms with Crippen LogP contribution in [-0.2, 0) is 27.2 Å². The van der Waals surface area contributed by atoms with Crippen LogP contribution in [0.25, 0.3) is 11.2 Å². The Morgan fingerprint density at radius 3 is 2.31 bits per heavy atom. The maximum atomic E-state index is 13.5. The number of aromatic nitrogens is 4. The summed E-state index contributed by atoms with van der Waals surface area (Å²) >= 11 is 0. The molecule has 0 saturated heterocycles. The second kappa shape index (κ2) is 10.4. The summed E-state index contributed by atoms with van der Waals surface area (Å²) in [4.78, 5) is 30.9. The molecule has 174 valence electrons. The minimum absolute atomic E-state index is 0.129. The number of hydrogen-bond acceptors (Lipinski definition) is 6. The number of nitrogens with zero attached hydrogens (tertiary/aromatic N) is 4. The van der Waals surface area contributed by atoms with Gasteiger partial charge in [0.2, 0.25) is 0 Å². The first-order valence-electron chi connectivity index (χ1n) is 10.9. The predicted octanol–water partition coefficient (Wildman–Crippen LogP) is 3.55. The molecule has 0 radical (unpaired) electrons. The molecular formula is C22H31N4O5P. The lowest BCUT2D eigenvalue weighted by Gasteiger charge is -2.22. The molecule has 0 N–H and O–H groups in total. The van der Waals surface area contributed by atoms with E-state index in [1.54, 1.807) is 31.8 Å². The fourth-order valence-electron chi connectivity index (χ4n) is 3.89. The lowest BCUT2D eigenvalue weighted by molar-refractivity contribution is 0.217. The first kappa shape index (κ1) is 24.2. The molecule has 1 atom stereocenters. The van der Waals surface area contributed by atoms with Crippen LogP contribution in [-0.4, -0.2) is 38.1 Å². The summed E-state index contributed by atoms with van der Waals surface area (Å²) in [6, 6.07) is 9.30. The van der Waals surface area contributed by atoms with Gasteiger partial charge in [-0.15, -0.1) is 0 Å². The molecule has 2 aromatic heterocycles. The fourth-order valence-corrected chi connectivity index (χ4v) is 5.63. The van der Waals surface area contributed by atoms with Crippen molar-refractivity contribution in [3.63, 3.8) is 0 Å². The Hall–Kier alpha value is -2.48. The molecule has 0 saturated carbocycles. The Morgan fingerprint density at radius 1 is 1.06 bits per heavy atom. The standard InChI is InChI=1S/C22H31N4O5P/c1-5-18(13-14-32(29,30-6-2)31-7-3)26-21(27)19-20(24(4)22(26)28)23-16-25(19)15-17-11-9-8-10-12-17/h8-12,16,18H,5-7,13-15H2,1-4H3. The van der Waals surface area contributed by atoms with Gasteiger partial charge in [-0.25, -0.2) is 9.78 Å². The second-order valence-corrected chi connectivity index (χ2v) is 9.75. The molecule has 3 aromatic rings. The highest BCUT2D eigenvalue weighted by molar-refractivity contribution is 7.53. The van der Waals surface area contributed by atoms with E-state index in [1.807, 2.05) is 37.3 Å². The van der Waals surface area contributed by atoms with E-state index in [-0.39, 0.29) is 19.4 Å². The van der Waals surface area contributed by atoms with Gasteiger partial charge in [0.15, 0.2) is 11.2 Å². The highest BCUT2D eigenvalue weighted by atomic mass is 31.2. The summed E-state index contributed by atoms with van der Waals surface area (Å²) in [5, 5.41) is 0. The van der Waals surface area contributed by atoms with Crippen LogP contribution in [0.4, 0.5) is 0 Å². The van der Waals surface area contributed by atoms with Gasteiger partial charge in [0.25, 0.3) is 5.56 Å². The molecule has 3 rings (SSSR count). The number of imidazole rings is 1. The summed E-state index contributed by atoms with van der Waals surface area (Å²) in [7, 11) is -1.67. The Kier molecular flexibility index (Phi) is 7.87. The van der Waals surface area contributed by atoms with Crippen LogP contribution in [0.1, 0.15) is 45.2 Å². The van der Waals surface area contributed by atoms with Gasteiger partial charge in [0.05, 0.1) is 25.7 Å². The maximum absolute atomic E-state index is 13.5. The average molecular weight is 462 g/mol. The lowest BCUT2D eigenvalue weighted by Crippen LogP contribution is -2.42. The van der Waals surface area contributed by atoms with Gasteiger partial charge in [-0.1, -0.05) is 37.3 Å². The van der Waals surface area contributed by atoms with Gasteiger partial charge in [0, 0.05) is 19.6 Å². The van der Waals surface area contributed by atoms with Crippen molar-refractivity contribution in [1.29, 1.82) is 0 Å². The van der Waals surface area contributed by atoms with Crippen LogP contribution in [0, 0.1) is 0 Å². The van der Waals surface area contributed by atoms with Gasteiger partial charge in [0.1, 0.15) is 0 Å². The van der Waals surface area contributed by atoms with Crippen molar-refractivity contribution in [2.45, 2.75) is 46.2 Å². The van der Waals surface area contributed by atoms with Crippen molar-refractivity contribution in [3.8, 4) is 0 Å². The van der Waals surface area contributed by atoms with Crippen molar-refractivity contribution < 1.29 is 13.6 Å². The molecule has 0 aliphatic rings. The third-order valence-electron chi connectivity index (χ3n) is 5.47. The van der Waals surface area contributed by atoms with E-state index in [9.17, 15) is 14.2 Å². The van der Waals surface area contributed by atoms with E-state index >= 15 is 0 Å². The molecular weight excluding hydrogens is 431 g/mol. The highest BCUT2D eigenvalue weighted by Gasteiger charge is 2.27. The van der Waals surface area contributed by atoms with E-state index in [4.69, 9.17) is 9.05 Å². The van der Waals surface area contributed by atoms with Gasteiger partial charge in [-0.3, -0.25) is 18.5 Å². The zero-order valence-corrected chi connectivity index (χ0v) is 20.0. The molecule has 0 fully saturated rings. The lowest BCUT2D eigenvalue weighted by atomic mass is 10.1. The number of aryl methyl sites for hydroxylation is 1. The zero-order chi connectivity index (χ0) is 23.3. The number of rotatable bonds is 11. The first-order valence-corrected chi connectivity index (χ1v) is 12.7. The van der Waals surface area contributed by atoms with Crippen LogP contribution in [0.2, 0.25) is 0 Å². The van der Waals surface area contributed by atoms with Crippen molar-refractivity contribution >= 4 is 18.8 Å². The van der Waals surface area contributed by atoms with E-state index in [1.165, 1.54) is 9.13 Å². The average Bonchev–Trinajstić information content (AvgIpc) is 3.19. The minimum atomic E-state index is -3.28. The third kappa shape index (κ3) is 4.95. The minimum Gasteiger partial charge on any atom is -0.320 e. The zero-order valence-electron chi connectivity index (χ0n) is 19.1. The quantitative estimate of drug-likeness (QED) is 0.404. The summed E-state index contributed by atoms with van der Waals surface area (Å²) in [5.74, 6) is 0. The second-order valence-electron chi connectivity index (χ2n) is 7.57. The third-order valence-corrected chi connectivity index (χ3v) is 7.58. The number of benzene rings is 1. The molecule has 9 nitrogen and oxygen atoms in total. The van der Waals surface area contributed by atoms with E-state index in [2.05, 4.69) is 4.98 Å². The van der Waals surface area contributed by atoms with Crippen molar-refractivity contribution in [1.82, 2.24) is 18.7 Å². The van der Waals surface area contributed by atoms with Gasteiger partial charge in [-0.05, 0) is 32.3 Å². The smallest absolute Gasteiger partial charge is 0.320 e. The Labute approximate surface area is 187 Å². The SMILES string of the molecule is CCOP(=O)(CCC(CC)n1c(=O)c2c(ncn2Cc2ccccc2)n(C)c1=O)OCC. The molecule has 0 aliphatic heterocycles. The summed E-state index contributed by atoms with van der Waals surface area (Å²) in [5.41, 5.74) is 0.893. The van der Waals surface area contributed by atoms with Crippen LogP contribution >= 0.6 is 7.60 Å². The molecule has 1 aromatic carbocycles. The van der Waals surface area contributed by atoms with Crippen molar-refractivity contribution in [2.75, 3.05) is 19.4 Å². The summed E-state index contributed by atoms with van der Waals surface area (Å²) in [6.45, 7) is 6.40. The molecule has 0 aliphatic carbocycles.